The number of rotatable bonds is 4. The number of β-amino-alcohol motifs (C(OH)–C–C–N with tert-alkyl or cyclic N) is 1. The molecule has 1 saturated heterocycles. The number of fused-ring (bicyclic) bond motifs is 2. The Morgan fingerprint density at radius 3 is 2.49 bits per heavy atom. The van der Waals surface area contributed by atoms with Gasteiger partial charge in [0, 0.05) is 65.6 Å². The van der Waals surface area contributed by atoms with Crippen LogP contribution in [0.5, 0.6) is 17.4 Å². The van der Waals surface area contributed by atoms with Gasteiger partial charge in [-0.3, -0.25) is 19.4 Å². The second-order valence-corrected chi connectivity index (χ2v) is 8.70. The summed E-state index contributed by atoms with van der Waals surface area (Å²) in [6.07, 6.45) is 1.59. The fourth-order valence-electron chi connectivity index (χ4n) is 4.20. The summed E-state index contributed by atoms with van der Waals surface area (Å²) >= 11 is 0. The van der Waals surface area contributed by atoms with Crippen molar-refractivity contribution in [1.82, 2.24) is 24.6 Å². The molecule has 10 nitrogen and oxygen atoms in total. The van der Waals surface area contributed by atoms with Gasteiger partial charge in [0.15, 0.2) is 11.5 Å². The summed E-state index contributed by atoms with van der Waals surface area (Å²) in [7, 11) is 1.74. The Morgan fingerprint density at radius 1 is 0.971 bits per heavy atom. The van der Waals surface area contributed by atoms with E-state index in [0.717, 1.165) is 13.1 Å². The number of likely N-dealkylation sites (N-methyl/N-ethyl adjacent to an activating group) is 1. The van der Waals surface area contributed by atoms with Gasteiger partial charge >= 0.3 is 0 Å². The number of carbonyl (C=O) groups is 2. The van der Waals surface area contributed by atoms with Gasteiger partial charge in [-0.05, 0) is 24.3 Å². The number of piperazine rings is 1. The fraction of sp³-hybridized carbons (Fsp3) is 0.480. The molecule has 1 aromatic heterocycles. The van der Waals surface area contributed by atoms with Crippen LogP contribution in [0, 0.1) is 0 Å². The van der Waals surface area contributed by atoms with Gasteiger partial charge in [0.25, 0.3) is 5.91 Å². The van der Waals surface area contributed by atoms with Crippen LogP contribution in [-0.2, 0) is 4.79 Å². The maximum Gasteiger partial charge on any atom is 0.259 e. The standard InChI is InChI=1S/C25H33N5O5/c1-27-9-10-29(19-23(32)30-13-11-28(12-14-30)15-17-31)16-18-34-21-6-2-3-7-22(21)35-24-20(25(27)33)5-4-8-26-24/h2-8,31H,9-19H2,1H3. The van der Waals surface area contributed by atoms with E-state index in [0.29, 0.717) is 62.9 Å². The van der Waals surface area contributed by atoms with E-state index in [1.165, 1.54) is 0 Å². The van der Waals surface area contributed by atoms with Crippen LogP contribution in [0.1, 0.15) is 10.4 Å². The Morgan fingerprint density at radius 2 is 1.71 bits per heavy atom. The van der Waals surface area contributed by atoms with Crippen molar-refractivity contribution in [1.29, 1.82) is 0 Å². The quantitative estimate of drug-likeness (QED) is 0.681. The Kier molecular flexibility index (Phi) is 8.51. The van der Waals surface area contributed by atoms with Crippen molar-refractivity contribution in [2.75, 3.05) is 79.2 Å². The zero-order chi connectivity index (χ0) is 24.6. The Labute approximate surface area is 205 Å². The zero-order valence-electron chi connectivity index (χ0n) is 20.1. The number of hydrogen-bond acceptors (Lipinski definition) is 8. The van der Waals surface area contributed by atoms with Gasteiger partial charge in [-0.25, -0.2) is 4.98 Å². The number of pyridine rings is 1. The number of hydrogen-bond donors (Lipinski definition) is 1. The number of carbonyl (C=O) groups excluding carboxylic acids is 2. The van der Waals surface area contributed by atoms with E-state index >= 15 is 0 Å². The van der Waals surface area contributed by atoms with Crippen molar-refractivity contribution < 1.29 is 24.2 Å². The Balaban J connectivity index is 1.48. The van der Waals surface area contributed by atoms with Crippen molar-refractivity contribution in [3.8, 4) is 17.4 Å². The summed E-state index contributed by atoms with van der Waals surface area (Å²) in [5, 5.41) is 9.13. The minimum atomic E-state index is -0.197. The monoisotopic (exact) mass is 483 g/mol. The topological polar surface area (TPSA) is 98.7 Å². The van der Waals surface area contributed by atoms with Crippen LogP contribution in [0.4, 0.5) is 0 Å². The van der Waals surface area contributed by atoms with Crippen LogP contribution in [0.2, 0.25) is 0 Å². The lowest BCUT2D eigenvalue weighted by molar-refractivity contribution is -0.134. The molecule has 1 fully saturated rings. The molecule has 2 aliphatic heterocycles. The first-order valence-corrected chi connectivity index (χ1v) is 12.0. The van der Waals surface area contributed by atoms with Crippen molar-refractivity contribution in [2.45, 2.75) is 0 Å². The Hall–Kier alpha value is -3.21. The second kappa shape index (κ2) is 12.0. The molecule has 2 aliphatic rings. The highest BCUT2D eigenvalue weighted by molar-refractivity contribution is 5.96. The second-order valence-electron chi connectivity index (χ2n) is 8.70. The molecule has 0 unspecified atom stereocenters. The number of amides is 2. The minimum absolute atomic E-state index is 0.0604. The molecule has 10 heteroatoms. The SMILES string of the molecule is CN1CCN(CC(=O)N2CCN(CCO)CC2)CCOc2ccccc2Oc2ncccc2C1=O. The highest BCUT2D eigenvalue weighted by Crippen LogP contribution is 2.32. The molecule has 1 aromatic carbocycles. The molecule has 4 rings (SSSR count). The van der Waals surface area contributed by atoms with Crippen LogP contribution in [0.3, 0.4) is 0 Å². The summed E-state index contributed by atoms with van der Waals surface area (Å²) in [5.41, 5.74) is 0.368. The highest BCUT2D eigenvalue weighted by atomic mass is 16.5. The van der Waals surface area contributed by atoms with Crippen molar-refractivity contribution in [3.63, 3.8) is 0 Å². The molecule has 0 saturated carbocycles. The van der Waals surface area contributed by atoms with E-state index in [-0.39, 0.29) is 30.8 Å². The van der Waals surface area contributed by atoms with E-state index in [4.69, 9.17) is 14.6 Å². The average Bonchev–Trinajstić information content (AvgIpc) is 2.88. The predicted octanol–water partition coefficient (Wildman–Crippen LogP) is 0.777. The average molecular weight is 484 g/mol. The number of aliphatic hydroxyl groups is 1. The largest absolute Gasteiger partial charge is 0.488 e. The van der Waals surface area contributed by atoms with E-state index < -0.39 is 0 Å². The smallest absolute Gasteiger partial charge is 0.259 e. The number of aromatic nitrogens is 1. The molecule has 0 radical (unpaired) electrons. The predicted molar refractivity (Wildman–Crippen MR) is 130 cm³/mol. The van der Waals surface area contributed by atoms with Crippen LogP contribution < -0.4 is 9.47 Å². The maximum absolute atomic E-state index is 13.2. The molecule has 0 aliphatic carbocycles. The first-order chi connectivity index (χ1) is 17.0. The summed E-state index contributed by atoms with van der Waals surface area (Å²) in [5.74, 6) is 1.12. The van der Waals surface area contributed by atoms with Gasteiger partial charge in [0.1, 0.15) is 12.2 Å². The first-order valence-electron chi connectivity index (χ1n) is 12.0. The molecule has 0 bridgehead atoms. The molecule has 188 valence electrons. The molecule has 35 heavy (non-hydrogen) atoms. The number of aliphatic hydroxyl groups excluding tert-OH is 1. The molecule has 1 N–H and O–H groups in total. The zero-order valence-corrected chi connectivity index (χ0v) is 20.1. The number of benzene rings is 1. The normalized spacial score (nSPS) is 18.3. The van der Waals surface area contributed by atoms with Crippen molar-refractivity contribution in [3.05, 3.63) is 48.2 Å². The number of ether oxygens (including phenoxy) is 2. The molecule has 0 atom stereocenters. The van der Waals surface area contributed by atoms with Crippen LogP contribution in [0.15, 0.2) is 42.6 Å². The van der Waals surface area contributed by atoms with Gasteiger partial charge in [-0.2, -0.15) is 0 Å². The van der Waals surface area contributed by atoms with Crippen LogP contribution in [-0.4, -0.2) is 121 Å². The van der Waals surface area contributed by atoms with E-state index in [1.54, 1.807) is 36.3 Å². The van der Waals surface area contributed by atoms with Gasteiger partial charge in [-0.1, -0.05) is 12.1 Å². The molecular formula is C25H33N5O5. The minimum Gasteiger partial charge on any atom is -0.488 e. The highest BCUT2D eigenvalue weighted by Gasteiger charge is 2.24. The molecule has 0 spiro atoms. The summed E-state index contributed by atoms with van der Waals surface area (Å²) in [4.78, 5) is 38.2. The summed E-state index contributed by atoms with van der Waals surface area (Å²) in [6.45, 7) is 5.69. The van der Waals surface area contributed by atoms with Gasteiger partial charge in [0.05, 0.1) is 13.2 Å². The van der Waals surface area contributed by atoms with Crippen molar-refractivity contribution >= 4 is 11.8 Å². The van der Waals surface area contributed by atoms with Gasteiger partial charge in [0.2, 0.25) is 11.8 Å². The maximum atomic E-state index is 13.2. The molecule has 2 amide bonds. The molecular weight excluding hydrogens is 450 g/mol. The third-order valence-electron chi connectivity index (χ3n) is 6.32. The van der Waals surface area contributed by atoms with E-state index in [1.807, 2.05) is 28.0 Å². The van der Waals surface area contributed by atoms with E-state index in [9.17, 15) is 9.59 Å². The lowest BCUT2D eigenvalue weighted by Gasteiger charge is -2.35. The van der Waals surface area contributed by atoms with Crippen LogP contribution >= 0.6 is 0 Å². The van der Waals surface area contributed by atoms with Gasteiger partial charge < -0.3 is 24.4 Å². The Bertz CT molecular complexity index is 1010. The number of nitrogens with zero attached hydrogens (tertiary/aromatic N) is 5. The van der Waals surface area contributed by atoms with Gasteiger partial charge in [-0.15, -0.1) is 0 Å². The fourth-order valence-corrected chi connectivity index (χ4v) is 4.20. The third-order valence-corrected chi connectivity index (χ3v) is 6.32. The summed E-state index contributed by atoms with van der Waals surface area (Å²) < 4.78 is 12.0. The lowest BCUT2D eigenvalue weighted by Crippen LogP contribution is -2.52. The van der Waals surface area contributed by atoms with Crippen LogP contribution in [0.25, 0.3) is 0 Å². The lowest BCUT2D eigenvalue weighted by atomic mass is 10.2. The molecule has 3 heterocycles. The van der Waals surface area contributed by atoms with Crippen molar-refractivity contribution in [2.24, 2.45) is 0 Å². The molecule has 2 aromatic rings. The summed E-state index contributed by atoms with van der Waals surface area (Å²) in [6, 6.07) is 10.7. The third kappa shape index (κ3) is 6.47. The van der Waals surface area contributed by atoms with E-state index in [2.05, 4.69) is 9.88 Å². The number of para-hydroxylation sites is 2. The first kappa shape index (κ1) is 24.9.